The average molecular weight is 787 g/mol. The molecule has 2 aliphatic heterocycles. The number of hydrogen-bond donors (Lipinski definition) is 2. The maximum atomic E-state index is 4.63. The first-order chi connectivity index (χ1) is 24.2. The molecule has 0 aliphatic carbocycles. The summed E-state index contributed by atoms with van der Waals surface area (Å²) >= 11 is -3.59. The molecule has 3 aromatic heterocycles. The van der Waals surface area contributed by atoms with E-state index in [1.54, 1.807) is 0 Å². The van der Waals surface area contributed by atoms with E-state index in [0.717, 1.165) is 44.8 Å². The van der Waals surface area contributed by atoms with E-state index in [2.05, 4.69) is 166 Å². The van der Waals surface area contributed by atoms with Crippen molar-refractivity contribution in [3.8, 4) is 0 Å². The van der Waals surface area contributed by atoms with E-state index < -0.39 is 21.2 Å². The Morgan fingerprint density at radius 3 is 0.755 bits per heavy atom. The first kappa shape index (κ1) is 40.0. The van der Waals surface area contributed by atoms with Gasteiger partial charge in [0.2, 0.25) is 0 Å². The van der Waals surface area contributed by atoms with E-state index in [1.807, 2.05) is 48.6 Å². The Balaban J connectivity index is 0.000000220. The van der Waals surface area contributed by atoms with Gasteiger partial charge in [-0.05, 0) is 72.8 Å². The summed E-state index contributed by atoms with van der Waals surface area (Å²) < 4.78 is 6.03. The normalized spacial score (nSPS) is 10.7. The fourth-order valence-corrected chi connectivity index (χ4v) is 26.9. The molecule has 5 heterocycles. The van der Waals surface area contributed by atoms with Crippen molar-refractivity contribution in [3.05, 3.63) is 193 Å². The van der Waals surface area contributed by atoms with Crippen molar-refractivity contribution < 1.29 is 21.2 Å². The molecule has 9 rings (SSSR count). The molecular formula is C44H34CdN8. The summed E-state index contributed by atoms with van der Waals surface area (Å²) in [5, 5.41) is 0. The molecule has 0 saturated heterocycles. The fourth-order valence-electron chi connectivity index (χ4n) is 7.68. The van der Waals surface area contributed by atoms with Crippen molar-refractivity contribution in [2.24, 2.45) is 0 Å². The molecule has 0 amide bonds. The summed E-state index contributed by atoms with van der Waals surface area (Å²) in [6.07, 6.45) is 8.09. The second-order valence-corrected chi connectivity index (χ2v) is 28.3. The third-order valence-electron chi connectivity index (χ3n) is 9.86. The second kappa shape index (κ2) is 18.1. The van der Waals surface area contributed by atoms with Crippen molar-refractivity contribution in [2.75, 3.05) is 0 Å². The number of H-pyrrole nitrogens is 2. The molecule has 0 unspecified atom stereocenters. The first-order valence-electron chi connectivity index (χ1n) is 16.9. The Labute approximate surface area is 315 Å². The van der Waals surface area contributed by atoms with Crippen LogP contribution >= 0.6 is 0 Å². The van der Waals surface area contributed by atoms with Gasteiger partial charge in [-0.2, -0.15) is 0 Å². The van der Waals surface area contributed by atoms with Crippen LogP contribution in [0.4, 0.5) is 0 Å². The monoisotopic (exact) mass is 788 g/mol. The molecule has 0 atom stereocenters. The third kappa shape index (κ3) is 8.66. The van der Waals surface area contributed by atoms with Gasteiger partial charge in [-0.1, -0.05) is 0 Å². The Hall–Kier alpha value is -5.76. The van der Waals surface area contributed by atoms with Crippen LogP contribution < -0.4 is 37.1 Å². The van der Waals surface area contributed by atoms with Crippen molar-refractivity contribution >= 4 is 58.9 Å². The SMILES string of the molecule is C1=Cc2cc3ccc(cc4nc(cc5ccc(cc1n2)[nH]5)C=C4)[nH]3.[N].[N].[N].[N].c1cc[c]([Cd]([c]2ccccc2)([c]2ccccc2)[c]2ccccc2)cc1. The number of nitrogens with zero attached hydrogens (tertiary/aromatic N) is 6. The fraction of sp³-hybridized carbons (Fsp3) is 0. The van der Waals surface area contributed by atoms with Gasteiger partial charge in [0, 0.05) is 46.7 Å². The van der Waals surface area contributed by atoms with Gasteiger partial charge in [0.1, 0.15) is 0 Å². The van der Waals surface area contributed by atoms with Crippen LogP contribution in [0.1, 0.15) is 22.8 Å². The van der Waals surface area contributed by atoms with E-state index in [9.17, 15) is 0 Å². The number of aromatic amines is 2. The zero-order valence-corrected chi connectivity index (χ0v) is 32.9. The summed E-state index contributed by atoms with van der Waals surface area (Å²) in [6.45, 7) is 0. The van der Waals surface area contributed by atoms with E-state index in [-0.39, 0.29) is 24.6 Å². The van der Waals surface area contributed by atoms with Crippen molar-refractivity contribution in [2.45, 2.75) is 0 Å². The number of benzene rings is 4. The average Bonchev–Trinajstić information content (AvgIpc) is 3.98. The van der Waals surface area contributed by atoms with E-state index in [1.165, 1.54) is 12.5 Å². The molecule has 8 bridgehead atoms. The zero-order valence-electron chi connectivity index (χ0n) is 28.9. The molecule has 4 aromatic carbocycles. The van der Waals surface area contributed by atoms with Gasteiger partial charge < -0.3 is 9.97 Å². The molecular weight excluding hydrogens is 753 g/mol. The maximum absolute atomic E-state index is 4.63. The predicted molar refractivity (Wildman–Crippen MR) is 212 cm³/mol. The summed E-state index contributed by atoms with van der Waals surface area (Å²) in [5.41, 5.74) is 7.86. The Kier molecular flexibility index (Phi) is 13.7. The quantitative estimate of drug-likeness (QED) is 0.203. The molecule has 9 heteroatoms. The number of rotatable bonds is 4. The molecule has 7 aromatic rings. The van der Waals surface area contributed by atoms with Crippen LogP contribution in [-0.2, 0) is 21.2 Å². The van der Waals surface area contributed by atoms with Gasteiger partial charge >= 0.3 is 155 Å². The summed E-state index contributed by atoms with van der Waals surface area (Å²) in [6, 6.07) is 60.9. The zero-order chi connectivity index (χ0) is 32.9. The minimum absolute atomic E-state index is 0. The predicted octanol–water partition coefficient (Wildman–Crippen LogP) is 6.18. The van der Waals surface area contributed by atoms with Crippen LogP contribution in [0.3, 0.4) is 0 Å². The molecule has 0 saturated carbocycles. The Morgan fingerprint density at radius 2 is 0.528 bits per heavy atom. The van der Waals surface area contributed by atoms with Gasteiger partial charge in [-0.3, -0.25) is 0 Å². The van der Waals surface area contributed by atoms with Crippen LogP contribution in [0.15, 0.2) is 170 Å². The van der Waals surface area contributed by atoms with Gasteiger partial charge in [0.05, 0.1) is 22.8 Å². The van der Waals surface area contributed by atoms with E-state index in [0.29, 0.717) is 0 Å². The van der Waals surface area contributed by atoms with Gasteiger partial charge in [-0.25, -0.2) is 9.97 Å². The first-order valence-corrected chi connectivity index (χ1v) is 25.0. The molecule has 0 fully saturated rings. The molecule has 0 spiro atoms. The second-order valence-electron chi connectivity index (χ2n) is 12.9. The van der Waals surface area contributed by atoms with Crippen LogP contribution in [-0.4, -0.2) is 19.9 Å². The summed E-state index contributed by atoms with van der Waals surface area (Å²) in [5.74, 6) is 0. The van der Waals surface area contributed by atoms with Crippen molar-refractivity contribution in [1.82, 2.24) is 44.5 Å². The summed E-state index contributed by atoms with van der Waals surface area (Å²) in [7, 11) is 0. The van der Waals surface area contributed by atoms with Crippen LogP contribution in [0, 0.1) is 0 Å². The number of hydrogen-bond acceptors (Lipinski definition) is 2. The Bertz CT molecular complexity index is 2100. The molecule has 53 heavy (non-hydrogen) atoms. The van der Waals surface area contributed by atoms with Crippen LogP contribution in [0.5, 0.6) is 0 Å². The van der Waals surface area contributed by atoms with E-state index >= 15 is 0 Å². The molecule has 2 N–H and O–H groups in total. The topological polar surface area (TPSA) is 179 Å². The number of aromatic nitrogens is 4. The third-order valence-corrected chi connectivity index (χ3v) is 29.2. The van der Waals surface area contributed by atoms with Gasteiger partial charge in [-0.15, -0.1) is 0 Å². The molecule has 2 aliphatic rings. The standard InChI is InChI=1S/C20H14N4.4C6H5.Cd.4N/c1-2-14-10-16-5-6-18(23-16)12-20-8-7-19(24-20)11-17-4-3-15(22-17)9-13(1)21-14;4*1-2-4-6-5-3-1;;;;;/h1-12,21,24H;4*1-5H;;;;;. The number of fused-ring (bicyclic) bond motifs is 8. The molecule has 12 radical (unpaired) electrons. The molecule has 8 nitrogen and oxygen atoms in total. The summed E-state index contributed by atoms with van der Waals surface area (Å²) in [4.78, 5) is 16.0. The van der Waals surface area contributed by atoms with E-state index in [4.69, 9.17) is 0 Å². The van der Waals surface area contributed by atoms with Gasteiger partial charge in [0.25, 0.3) is 0 Å². The number of nitrogens with one attached hydrogen (secondary N) is 2. The molecule has 252 valence electrons. The Morgan fingerprint density at radius 1 is 0.302 bits per heavy atom. The van der Waals surface area contributed by atoms with Crippen molar-refractivity contribution in [1.29, 1.82) is 0 Å². The van der Waals surface area contributed by atoms with Gasteiger partial charge in [0.15, 0.2) is 0 Å². The van der Waals surface area contributed by atoms with Crippen LogP contribution in [0.25, 0.3) is 46.4 Å². The van der Waals surface area contributed by atoms with Crippen molar-refractivity contribution in [3.63, 3.8) is 0 Å². The van der Waals surface area contributed by atoms with Crippen LogP contribution in [0.2, 0.25) is 0 Å². The minimum atomic E-state index is -3.59.